The molecule has 0 aliphatic rings. The van der Waals surface area contributed by atoms with Gasteiger partial charge in [-0.05, 0) is 86.8 Å². The first-order chi connectivity index (χ1) is 36.5. The molecule has 0 aliphatic carbocycles. The van der Waals surface area contributed by atoms with E-state index in [-0.39, 0.29) is 0 Å². The number of hydrogen-bond donors (Lipinski definition) is 5. The van der Waals surface area contributed by atoms with Crippen molar-refractivity contribution in [3.63, 3.8) is 0 Å². The first-order valence-corrected chi connectivity index (χ1v) is 26.5. The molecule has 5 N–H and O–H groups in total. The van der Waals surface area contributed by atoms with Crippen molar-refractivity contribution < 1.29 is 8.94 Å². The number of aromatic nitrogens is 23. The van der Waals surface area contributed by atoms with Crippen LogP contribution in [0.15, 0.2) is 71.4 Å². The molecule has 10 aromatic rings. The minimum absolute atomic E-state index is 0.623. The van der Waals surface area contributed by atoms with Gasteiger partial charge >= 0.3 is 0 Å². The highest BCUT2D eigenvalue weighted by atomic mass is 32.1. The number of aryl methyl sites for hydroxylation is 14. The third-order valence-corrected chi connectivity index (χ3v) is 7.49. The number of imidazole rings is 2. The molecule has 0 atom stereocenters. The SMILES string of the molecule is CC.CC.CC.CC.CC.CC.Cc1ccn[nH]1.Cc1cnc[nH]1.Cc1ncc[nH]1.Cc1ncn[nH]1.Cc1ncn[nH]1.Cc1nnc(C)o1.Cc1nnc(C)s1.Cc1noc(C)n1.Cc1nsc(C)n1.Cn1cncn1. The van der Waals surface area contributed by atoms with Crippen LogP contribution in [0.3, 0.4) is 0 Å². The smallest absolute Gasteiger partial charge is 0.223 e. The maximum atomic E-state index is 4.86. The van der Waals surface area contributed by atoms with Crippen LogP contribution in [-0.2, 0) is 7.05 Å². The minimum Gasteiger partial charge on any atom is -0.426 e. The summed E-state index contributed by atoms with van der Waals surface area (Å²) in [4.78, 5) is 32.4. The monoisotopic (exact) mass is 1100 g/mol. The van der Waals surface area contributed by atoms with Crippen molar-refractivity contribution in [2.45, 2.75) is 173 Å². The highest BCUT2D eigenvalue weighted by Gasteiger charge is 1.91. The van der Waals surface area contributed by atoms with Crippen molar-refractivity contribution in [3.8, 4) is 0 Å². The summed E-state index contributed by atoms with van der Waals surface area (Å²) in [5.41, 5.74) is 2.21. The maximum Gasteiger partial charge on any atom is 0.223 e. The topological polar surface area (TPSA) is 329 Å². The molecule has 0 saturated heterocycles. The lowest BCUT2D eigenvalue weighted by molar-refractivity contribution is 0.389. The molecule has 0 unspecified atom stereocenters. The highest BCUT2D eigenvalue weighted by Crippen LogP contribution is 2.04. The van der Waals surface area contributed by atoms with Gasteiger partial charge in [-0.3, -0.25) is 20.0 Å². The molecule has 76 heavy (non-hydrogen) atoms. The molecular weight excluding hydrogens is 1010 g/mol. The fraction of sp³-hybridized carbons (Fsp3) is 0.531. The van der Waals surface area contributed by atoms with E-state index in [1.807, 2.05) is 159 Å². The molecule has 10 aromatic heterocycles. The summed E-state index contributed by atoms with van der Waals surface area (Å²) >= 11 is 3.06. The molecule has 0 fully saturated rings. The van der Waals surface area contributed by atoms with Crippen molar-refractivity contribution >= 4 is 22.9 Å². The molecule has 0 bridgehead atoms. The van der Waals surface area contributed by atoms with E-state index >= 15 is 0 Å². The standard InChI is InChI=1S/2C4H6N2O.2C4H6N2S.3C4H6N2.3C3H5N3.6C2H6/c1-3-5-6-4(2)7-3;1-3-5-4(2)7-6-3;1-3-5-6-4(2)7-3;1-3-5-4(2)7-6-3;1-4-2-5-3-6-4;1-4-5-2-3-6-4;1-4-2-3-5-6-4;1-6-3-4-2-5-6;2*1-3-4-2-5-6-3;6*1-2/h4*1-2H3;3*2-3H,1H3,(H,5,6);2-3H,1H3;2*2H,1H3,(H,4,5,6);6*1-2H3. The molecule has 0 amide bonds. The summed E-state index contributed by atoms with van der Waals surface area (Å²) in [7, 11) is 1.83. The number of hydrogen-bond acceptors (Lipinski definition) is 21. The summed E-state index contributed by atoms with van der Waals surface area (Å²) in [5.74, 6) is 6.12. The van der Waals surface area contributed by atoms with Gasteiger partial charge in [-0.2, -0.15) is 29.8 Å². The molecular formula is C49H93N23O2S2. The second-order valence-corrected chi connectivity index (χ2v) is 14.6. The second kappa shape index (κ2) is 60.0. The van der Waals surface area contributed by atoms with Crippen LogP contribution in [0.2, 0.25) is 0 Å². The number of nitrogens with zero attached hydrogens (tertiary/aromatic N) is 18. The average Bonchev–Trinajstić information content (AvgIpc) is 4.25. The first kappa shape index (κ1) is 79.8. The lowest BCUT2D eigenvalue weighted by Crippen LogP contribution is -1.83. The number of rotatable bonds is 0. The Bertz CT molecular complexity index is 1990. The minimum atomic E-state index is 0.623. The molecule has 27 heteroatoms. The Morgan fingerprint density at radius 2 is 1.04 bits per heavy atom. The van der Waals surface area contributed by atoms with Crippen LogP contribution < -0.4 is 0 Å². The Morgan fingerprint density at radius 1 is 0.500 bits per heavy atom. The van der Waals surface area contributed by atoms with E-state index in [0.717, 1.165) is 49.7 Å². The van der Waals surface area contributed by atoms with Crippen LogP contribution in [0.1, 0.15) is 156 Å². The molecule has 0 spiro atoms. The van der Waals surface area contributed by atoms with Gasteiger partial charge in [0.05, 0.1) is 6.33 Å². The van der Waals surface area contributed by atoms with E-state index in [2.05, 4.69) is 115 Å². The zero-order valence-electron chi connectivity index (χ0n) is 50.5. The predicted octanol–water partition coefficient (Wildman–Crippen LogP) is 12.0. The van der Waals surface area contributed by atoms with Gasteiger partial charge in [0.1, 0.15) is 63.6 Å². The fourth-order valence-corrected chi connectivity index (χ4v) is 4.46. The quantitative estimate of drug-likeness (QED) is 0.0942. The number of aromatic amines is 5. The van der Waals surface area contributed by atoms with E-state index in [1.165, 1.54) is 30.5 Å². The summed E-state index contributed by atoms with van der Waals surface area (Å²) < 4.78 is 15.0. The van der Waals surface area contributed by atoms with E-state index in [1.54, 1.807) is 81.2 Å². The van der Waals surface area contributed by atoms with Gasteiger partial charge in [-0.1, -0.05) is 88.2 Å². The van der Waals surface area contributed by atoms with Crippen molar-refractivity contribution in [2.24, 2.45) is 7.05 Å². The lowest BCUT2D eigenvalue weighted by atomic mass is 10.5. The maximum absolute atomic E-state index is 4.86. The zero-order chi connectivity index (χ0) is 59.5. The molecule has 0 aromatic carbocycles. The summed E-state index contributed by atoms with van der Waals surface area (Å²) in [6.07, 6.45) is 14.8. The number of H-pyrrole nitrogens is 5. The molecule has 0 aliphatic heterocycles. The van der Waals surface area contributed by atoms with Crippen LogP contribution in [-0.4, -0.2) is 115 Å². The van der Waals surface area contributed by atoms with E-state index in [9.17, 15) is 0 Å². The lowest BCUT2D eigenvalue weighted by Gasteiger charge is -1.74. The molecule has 10 rings (SSSR count). The molecule has 428 valence electrons. The van der Waals surface area contributed by atoms with Crippen molar-refractivity contribution in [1.29, 1.82) is 0 Å². The molecule has 0 saturated carbocycles. The molecule has 25 nitrogen and oxygen atoms in total. The van der Waals surface area contributed by atoms with Crippen molar-refractivity contribution in [2.75, 3.05) is 0 Å². The third-order valence-electron chi connectivity index (χ3n) is 6.03. The summed E-state index contributed by atoms with van der Waals surface area (Å²) in [6.45, 7) is 48.4. The third kappa shape index (κ3) is 57.4. The fourth-order valence-electron chi connectivity index (χ4n) is 3.39. The second-order valence-electron chi connectivity index (χ2n) is 12.3. The van der Waals surface area contributed by atoms with Crippen LogP contribution in [0.4, 0.5) is 0 Å². The highest BCUT2D eigenvalue weighted by molar-refractivity contribution is 7.11. The van der Waals surface area contributed by atoms with Crippen LogP contribution in [0, 0.1) is 90.0 Å². The Hall–Kier alpha value is -7.55. The largest absolute Gasteiger partial charge is 0.426 e. The summed E-state index contributed by atoms with van der Waals surface area (Å²) in [6, 6.07) is 1.92. The van der Waals surface area contributed by atoms with Crippen LogP contribution >= 0.6 is 22.9 Å². The number of nitrogens with one attached hydrogen (secondary N) is 5. The predicted molar refractivity (Wildman–Crippen MR) is 308 cm³/mol. The van der Waals surface area contributed by atoms with Gasteiger partial charge in [-0.15, -0.1) is 31.7 Å². The Labute approximate surface area is 460 Å². The summed E-state index contributed by atoms with van der Waals surface area (Å²) in [5, 5.41) is 44.0. The van der Waals surface area contributed by atoms with Gasteiger partial charge in [0, 0.05) is 64.0 Å². The van der Waals surface area contributed by atoms with Gasteiger partial charge in [0.25, 0.3) is 0 Å². The Kier molecular flexibility index (Phi) is 63.0. The molecule has 10 heterocycles. The first-order valence-electron chi connectivity index (χ1n) is 24.9. The normalized spacial score (nSPS) is 8.13. The van der Waals surface area contributed by atoms with E-state index in [0.29, 0.717) is 23.5 Å². The Balaban J connectivity index is -0.000000175. The van der Waals surface area contributed by atoms with Gasteiger partial charge in [0.2, 0.25) is 17.7 Å². The van der Waals surface area contributed by atoms with Gasteiger partial charge in [-0.25, -0.2) is 29.9 Å². The Morgan fingerprint density at radius 3 is 1.16 bits per heavy atom. The molecule has 0 radical (unpaired) electrons. The van der Waals surface area contributed by atoms with Gasteiger partial charge < -0.3 is 18.9 Å². The average molecular weight is 1100 g/mol. The zero-order valence-corrected chi connectivity index (χ0v) is 52.1. The van der Waals surface area contributed by atoms with Gasteiger partial charge in [0.15, 0.2) is 5.82 Å². The van der Waals surface area contributed by atoms with Crippen LogP contribution in [0.5, 0.6) is 0 Å². The van der Waals surface area contributed by atoms with E-state index in [4.69, 9.17) is 4.42 Å². The van der Waals surface area contributed by atoms with Crippen molar-refractivity contribution in [1.82, 2.24) is 115 Å². The van der Waals surface area contributed by atoms with Crippen molar-refractivity contribution in [3.05, 3.63) is 136 Å². The van der Waals surface area contributed by atoms with E-state index < -0.39 is 0 Å². The van der Waals surface area contributed by atoms with Crippen LogP contribution in [0.25, 0.3) is 0 Å².